The van der Waals surface area contributed by atoms with Crippen LogP contribution in [0, 0.1) is 0 Å². The maximum atomic E-state index is 14.4. The smallest absolute Gasteiger partial charge is 0.239 e. The SMILES string of the molecule is NCCCC[C@H](NC(=O)C[C@@H](Cn1ccc2c(N)ncnc21)NC(=O)C[C@@H](Cn1ccc2c(N)ncnc21)NC(=O)C[C@@H](Cn1ccc2c(N)ncnc21)NC(=O)C[C@H](N)Cn1ccc2c(N)ncnc21)C(N)=O. The van der Waals surface area contributed by atoms with Crippen LogP contribution in [0.25, 0.3) is 44.1 Å². The van der Waals surface area contributed by atoms with Gasteiger partial charge >= 0.3 is 0 Å². The summed E-state index contributed by atoms with van der Waals surface area (Å²) < 4.78 is 6.98. The highest BCUT2D eigenvalue weighted by Gasteiger charge is 2.27. The highest BCUT2D eigenvalue weighted by Crippen LogP contribution is 2.22. The molecule has 0 aliphatic heterocycles. The second-order valence-electron chi connectivity index (χ2n) is 18.0. The summed E-state index contributed by atoms with van der Waals surface area (Å²) in [5.74, 6) is -1.71. The lowest BCUT2D eigenvalue weighted by atomic mass is 10.1. The molecule has 0 aromatic carbocycles. The van der Waals surface area contributed by atoms with Gasteiger partial charge in [0.05, 0.1) is 39.7 Å². The van der Waals surface area contributed by atoms with Crippen LogP contribution in [0.1, 0.15) is 44.9 Å². The van der Waals surface area contributed by atoms with Gasteiger partial charge in [-0.1, -0.05) is 0 Å². The molecule has 0 fully saturated rings. The molecule has 388 valence electrons. The van der Waals surface area contributed by atoms with E-state index < -0.39 is 59.7 Å². The van der Waals surface area contributed by atoms with E-state index in [9.17, 15) is 24.0 Å². The van der Waals surface area contributed by atoms with Crippen molar-refractivity contribution in [3.63, 3.8) is 0 Å². The van der Waals surface area contributed by atoms with E-state index >= 15 is 0 Å². The Morgan fingerprint density at radius 3 is 1.12 bits per heavy atom. The summed E-state index contributed by atoms with van der Waals surface area (Å²) in [6, 6.07) is 2.68. The molecule has 0 aliphatic carbocycles. The summed E-state index contributed by atoms with van der Waals surface area (Å²) in [4.78, 5) is 102. The summed E-state index contributed by atoms with van der Waals surface area (Å²) in [5, 5.41) is 14.0. The lowest BCUT2D eigenvalue weighted by molar-refractivity contribution is -0.128. The lowest BCUT2D eigenvalue weighted by Crippen LogP contribution is -2.49. The molecule has 0 radical (unpaired) electrons. The van der Waals surface area contributed by atoms with Gasteiger partial charge < -0.3 is 79.7 Å². The zero-order valence-corrected chi connectivity index (χ0v) is 40.2. The molecule has 8 aromatic heterocycles. The molecule has 74 heavy (non-hydrogen) atoms. The fourth-order valence-corrected chi connectivity index (χ4v) is 9.00. The molecule has 5 amide bonds. The van der Waals surface area contributed by atoms with E-state index in [0.717, 1.165) is 0 Å². The van der Waals surface area contributed by atoms with Crippen molar-refractivity contribution >= 4 is 96.9 Å². The van der Waals surface area contributed by atoms with Crippen LogP contribution in [0.5, 0.6) is 0 Å². The molecule has 28 nitrogen and oxygen atoms in total. The number of hydrogen-bond acceptors (Lipinski definition) is 19. The van der Waals surface area contributed by atoms with Crippen molar-refractivity contribution in [1.82, 2.24) is 79.4 Å². The van der Waals surface area contributed by atoms with Crippen LogP contribution >= 0.6 is 0 Å². The summed E-state index contributed by atoms with van der Waals surface area (Å²) in [6.45, 7) is 0.783. The normalized spacial score (nSPS) is 13.6. The first-order valence-electron chi connectivity index (χ1n) is 23.8. The Bertz CT molecular complexity index is 3310. The Morgan fingerprint density at radius 1 is 0.459 bits per heavy atom. The maximum Gasteiger partial charge on any atom is 0.239 e. The zero-order chi connectivity index (χ0) is 52.5. The summed E-state index contributed by atoms with van der Waals surface area (Å²) in [6.07, 6.45) is 12.7. The molecule has 0 saturated heterocycles. The number of nitrogens with two attached hydrogens (primary N) is 7. The molecule has 0 saturated carbocycles. The van der Waals surface area contributed by atoms with Crippen LogP contribution in [-0.4, -0.2) is 124 Å². The van der Waals surface area contributed by atoms with Gasteiger partial charge in [-0.15, -0.1) is 0 Å². The van der Waals surface area contributed by atoms with Gasteiger partial charge in [0.2, 0.25) is 29.5 Å². The van der Waals surface area contributed by atoms with Gasteiger partial charge in [-0.3, -0.25) is 24.0 Å². The van der Waals surface area contributed by atoms with Gasteiger partial charge in [0.1, 0.15) is 77.2 Å². The number of carbonyl (C=O) groups excluding carboxylic acids is 5. The van der Waals surface area contributed by atoms with Gasteiger partial charge in [-0.05, 0) is 50.1 Å². The number of nitrogens with zero attached hydrogens (tertiary/aromatic N) is 12. The zero-order valence-electron chi connectivity index (χ0n) is 40.2. The summed E-state index contributed by atoms with van der Waals surface area (Å²) in [5.41, 5.74) is 44.2. The first-order chi connectivity index (χ1) is 35.6. The molecule has 0 spiro atoms. The van der Waals surface area contributed by atoms with Crippen LogP contribution in [0.4, 0.5) is 23.3 Å². The molecule has 5 atom stereocenters. The highest BCUT2D eigenvalue weighted by molar-refractivity contribution is 5.90. The third kappa shape index (κ3) is 12.3. The second kappa shape index (κ2) is 23.0. The third-order valence-electron chi connectivity index (χ3n) is 12.5. The molecule has 0 aliphatic rings. The number of rotatable bonds is 25. The highest BCUT2D eigenvalue weighted by atomic mass is 16.2. The fourth-order valence-electron chi connectivity index (χ4n) is 9.00. The predicted octanol–water partition coefficient (Wildman–Crippen LogP) is -1.46. The van der Waals surface area contributed by atoms with Gasteiger partial charge in [0.15, 0.2) is 0 Å². The number of aromatic nitrogens is 12. The minimum Gasteiger partial charge on any atom is -0.383 e. The van der Waals surface area contributed by atoms with Crippen molar-refractivity contribution in [2.24, 2.45) is 17.2 Å². The van der Waals surface area contributed by atoms with E-state index in [0.29, 0.717) is 69.3 Å². The van der Waals surface area contributed by atoms with Crippen molar-refractivity contribution < 1.29 is 24.0 Å². The van der Waals surface area contributed by atoms with Gasteiger partial charge in [-0.2, -0.15) is 0 Å². The predicted molar refractivity (Wildman–Crippen MR) is 274 cm³/mol. The quantitative estimate of drug-likeness (QED) is 0.0291. The number of fused-ring (bicyclic) bond motifs is 4. The summed E-state index contributed by atoms with van der Waals surface area (Å²) >= 11 is 0. The Balaban J connectivity index is 1.02. The third-order valence-corrected chi connectivity index (χ3v) is 12.5. The van der Waals surface area contributed by atoms with Crippen LogP contribution in [0.2, 0.25) is 0 Å². The molecule has 28 heteroatoms. The van der Waals surface area contributed by atoms with E-state index in [-0.39, 0.29) is 75.7 Å². The first-order valence-corrected chi connectivity index (χ1v) is 23.8. The number of anilines is 4. The average Bonchev–Trinajstić information content (AvgIpc) is 4.16. The van der Waals surface area contributed by atoms with Crippen molar-refractivity contribution in [2.45, 2.75) is 101 Å². The number of carbonyl (C=O) groups is 5. The fraction of sp³-hybridized carbons (Fsp3) is 0.370. The van der Waals surface area contributed by atoms with E-state index in [1.54, 1.807) is 67.3 Å². The van der Waals surface area contributed by atoms with Crippen LogP contribution < -0.4 is 61.4 Å². The van der Waals surface area contributed by atoms with Gasteiger partial charge in [0, 0.05) is 82.7 Å². The number of nitrogens with one attached hydrogen (secondary N) is 4. The molecule has 8 heterocycles. The molecular formula is C46H59N23O5. The lowest BCUT2D eigenvalue weighted by Gasteiger charge is -2.25. The van der Waals surface area contributed by atoms with Crippen molar-refractivity contribution in [3.8, 4) is 0 Å². The Kier molecular flexibility index (Phi) is 16.0. The number of hydrogen-bond donors (Lipinski definition) is 11. The van der Waals surface area contributed by atoms with Crippen molar-refractivity contribution in [3.05, 3.63) is 74.4 Å². The van der Waals surface area contributed by atoms with Gasteiger partial charge in [0.25, 0.3) is 0 Å². The number of unbranched alkanes of at least 4 members (excludes halogenated alkanes) is 1. The largest absolute Gasteiger partial charge is 0.383 e. The molecule has 0 bridgehead atoms. The van der Waals surface area contributed by atoms with E-state index in [2.05, 4.69) is 61.1 Å². The first kappa shape index (κ1) is 51.3. The molecule has 8 aromatic rings. The van der Waals surface area contributed by atoms with Crippen molar-refractivity contribution in [1.29, 1.82) is 0 Å². The van der Waals surface area contributed by atoms with Gasteiger partial charge in [-0.25, -0.2) is 39.9 Å². The van der Waals surface area contributed by atoms with E-state index in [1.165, 1.54) is 25.3 Å². The standard InChI is InChI=1S/C46H59N23O5/c47-8-2-1-3-33(42(53)74)65-37(73)16-28(20-69-12-7-32-41(52)57-24-61-46(32)69)64-36(72)15-27(19-68-11-6-31-40(51)56-23-60-45(31)68)63-35(71)14-26(18-67-10-5-30-39(50)55-22-59-44(30)67)62-34(70)13-25(48)17-66-9-4-29-38(49)54-21-58-43(29)66/h4-7,9-12,21-28,33H,1-3,8,13-20,47-48H2,(H2,53,74)(H,62,70)(H,63,71)(H,64,72)(H,65,73)(H2,49,54,58)(H2,50,55,59)(H2,51,56,60)(H2,52,57,61)/t25-,26-,27-,28-,33-/m0/s1. The van der Waals surface area contributed by atoms with Crippen LogP contribution in [-0.2, 0) is 50.2 Å². The molecule has 0 unspecified atom stereocenters. The Morgan fingerprint density at radius 2 is 0.784 bits per heavy atom. The number of primary amides is 1. The molecule has 8 rings (SSSR count). The topological polar surface area (TPSA) is 438 Å². The number of amides is 5. The summed E-state index contributed by atoms with van der Waals surface area (Å²) in [7, 11) is 0. The van der Waals surface area contributed by atoms with Crippen LogP contribution in [0.3, 0.4) is 0 Å². The minimum absolute atomic E-state index is 0.0285. The van der Waals surface area contributed by atoms with Crippen molar-refractivity contribution in [2.75, 3.05) is 29.5 Å². The molecule has 18 N–H and O–H groups in total. The van der Waals surface area contributed by atoms with Crippen LogP contribution in [0.15, 0.2) is 74.4 Å². The average molecular weight is 1010 g/mol. The minimum atomic E-state index is -0.964. The van der Waals surface area contributed by atoms with E-state index in [1.807, 2.05) is 0 Å². The Hall–Kier alpha value is -9.05. The monoisotopic (exact) mass is 1010 g/mol. The van der Waals surface area contributed by atoms with E-state index in [4.69, 9.17) is 40.1 Å². The second-order valence-corrected chi connectivity index (χ2v) is 18.0. The Labute approximate surface area is 421 Å². The maximum absolute atomic E-state index is 14.4. The molecular weight excluding hydrogens is 955 g/mol. The number of nitrogen functional groups attached to an aromatic ring is 4.